The van der Waals surface area contributed by atoms with E-state index >= 15 is 0 Å². The van der Waals surface area contributed by atoms with Gasteiger partial charge in [0.2, 0.25) is 0 Å². The fourth-order valence-corrected chi connectivity index (χ4v) is 2.46. The van der Waals surface area contributed by atoms with E-state index in [0.717, 1.165) is 31.7 Å². The highest BCUT2D eigenvalue weighted by molar-refractivity contribution is 5.96. The number of hydrogen-bond acceptors (Lipinski definition) is 1. The van der Waals surface area contributed by atoms with E-state index in [9.17, 15) is 13.6 Å². The molecule has 0 aliphatic heterocycles. The summed E-state index contributed by atoms with van der Waals surface area (Å²) in [4.78, 5) is 11.9. The van der Waals surface area contributed by atoms with Crippen LogP contribution >= 0.6 is 0 Å². The molecule has 0 heterocycles. The van der Waals surface area contributed by atoms with Gasteiger partial charge in [-0.15, -0.1) is 0 Å². The smallest absolute Gasteiger partial charge is 0.166 e. The number of ketones is 1. The van der Waals surface area contributed by atoms with E-state index < -0.39 is 11.6 Å². The summed E-state index contributed by atoms with van der Waals surface area (Å²) < 4.78 is 26.6. The summed E-state index contributed by atoms with van der Waals surface area (Å²) in [6.07, 6.45) is 4.80. The molecule has 1 aliphatic rings. The van der Waals surface area contributed by atoms with Crippen molar-refractivity contribution in [1.82, 2.24) is 0 Å². The van der Waals surface area contributed by atoms with Crippen LogP contribution in [-0.4, -0.2) is 5.78 Å². The average molecular weight is 238 g/mol. The molecule has 1 aromatic rings. The van der Waals surface area contributed by atoms with Gasteiger partial charge in [-0.05, 0) is 24.5 Å². The fourth-order valence-electron chi connectivity index (χ4n) is 2.46. The number of aryl methyl sites for hydroxylation is 1. The van der Waals surface area contributed by atoms with Crippen LogP contribution in [0.1, 0.15) is 48.0 Å². The SMILES string of the molecule is Cc1cc(C(=O)CC2CCCC2)c(F)cc1F. The van der Waals surface area contributed by atoms with Gasteiger partial charge in [0.1, 0.15) is 11.6 Å². The second-order valence-electron chi connectivity index (χ2n) is 4.86. The first kappa shape index (κ1) is 12.2. The van der Waals surface area contributed by atoms with Gasteiger partial charge in [0, 0.05) is 12.5 Å². The van der Waals surface area contributed by atoms with Crippen molar-refractivity contribution in [3.8, 4) is 0 Å². The zero-order valence-corrected chi connectivity index (χ0v) is 9.93. The Morgan fingerprint density at radius 3 is 2.53 bits per heavy atom. The van der Waals surface area contributed by atoms with Crippen molar-refractivity contribution in [2.75, 3.05) is 0 Å². The van der Waals surface area contributed by atoms with Crippen LogP contribution in [0.15, 0.2) is 12.1 Å². The summed E-state index contributed by atoms with van der Waals surface area (Å²) in [7, 11) is 0. The van der Waals surface area contributed by atoms with Crippen LogP contribution in [0.25, 0.3) is 0 Å². The van der Waals surface area contributed by atoms with Gasteiger partial charge in [-0.3, -0.25) is 4.79 Å². The molecule has 0 saturated heterocycles. The summed E-state index contributed by atoms with van der Waals surface area (Å²) >= 11 is 0. The van der Waals surface area contributed by atoms with Crippen molar-refractivity contribution in [3.63, 3.8) is 0 Å². The van der Waals surface area contributed by atoms with Gasteiger partial charge < -0.3 is 0 Å². The molecule has 2 rings (SSSR count). The Morgan fingerprint density at radius 1 is 1.24 bits per heavy atom. The molecular formula is C14H16F2O. The maximum Gasteiger partial charge on any atom is 0.166 e. The third kappa shape index (κ3) is 2.71. The number of benzene rings is 1. The third-order valence-corrected chi connectivity index (χ3v) is 3.50. The Kier molecular flexibility index (Phi) is 3.55. The highest BCUT2D eigenvalue weighted by atomic mass is 19.1. The Labute approximate surface area is 99.8 Å². The highest BCUT2D eigenvalue weighted by Crippen LogP contribution is 2.29. The van der Waals surface area contributed by atoms with Crippen molar-refractivity contribution >= 4 is 5.78 Å². The van der Waals surface area contributed by atoms with Gasteiger partial charge in [0.25, 0.3) is 0 Å². The first-order chi connectivity index (χ1) is 8.08. The minimum atomic E-state index is -0.740. The van der Waals surface area contributed by atoms with Crippen LogP contribution in [0, 0.1) is 24.5 Å². The topological polar surface area (TPSA) is 17.1 Å². The minimum absolute atomic E-state index is 0.0378. The molecule has 0 bridgehead atoms. The summed E-state index contributed by atoms with van der Waals surface area (Å²) in [5, 5.41) is 0. The number of halogens is 2. The lowest BCUT2D eigenvalue weighted by Crippen LogP contribution is -2.09. The fraction of sp³-hybridized carbons (Fsp3) is 0.500. The number of hydrogen-bond donors (Lipinski definition) is 0. The maximum absolute atomic E-state index is 13.5. The van der Waals surface area contributed by atoms with E-state index in [1.165, 1.54) is 6.07 Å². The van der Waals surface area contributed by atoms with Crippen LogP contribution < -0.4 is 0 Å². The number of rotatable bonds is 3. The lowest BCUT2D eigenvalue weighted by atomic mass is 9.96. The standard InChI is InChI=1S/C14H16F2O/c1-9-6-11(13(16)8-12(9)15)14(17)7-10-4-2-3-5-10/h6,8,10H,2-5,7H2,1H3. The molecule has 17 heavy (non-hydrogen) atoms. The van der Waals surface area contributed by atoms with Crippen LogP contribution in [0.3, 0.4) is 0 Å². The summed E-state index contributed by atoms with van der Waals surface area (Å²) in [6, 6.07) is 2.12. The summed E-state index contributed by atoms with van der Waals surface area (Å²) in [6.45, 7) is 1.54. The highest BCUT2D eigenvalue weighted by Gasteiger charge is 2.21. The Balaban J connectivity index is 2.15. The zero-order valence-electron chi connectivity index (χ0n) is 9.93. The second-order valence-corrected chi connectivity index (χ2v) is 4.86. The molecule has 0 atom stereocenters. The van der Waals surface area contributed by atoms with Crippen LogP contribution in [0.5, 0.6) is 0 Å². The maximum atomic E-state index is 13.5. The third-order valence-electron chi connectivity index (χ3n) is 3.50. The number of Topliss-reactive ketones (excluding diaryl/α,β-unsaturated/α-hetero) is 1. The van der Waals surface area contributed by atoms with Crippen molar-refractivity contribution in [3.05, 3.63) is 34.9 Å². The van der Waals surface area contributed by atoms with Gasteiger partial charge in [-0.2, -0.15) is 0 Å². The van der Waals surface area contributed by atoms with E-state index in [1.807, 2.05) is 0 Å². The number of carbonyl (C=O) groups excluding carboxylic acids is 1. The largest absolute Gasteiger partial charge is 0.294 e. The molecule has 0 spiro atoms. The molecule has 0 N–H and O–H groups in total. The molecule has 1 nitrogen and oxygen atoms in total. The Hall–Kier alpha value is -1.25. The summed E-state index contributed by atoms with van der Waals surface area (Å²) in [5.41, 5.74) is 0.358. The Morgan fingerprint density at radius 2 is 1.88 bits per heavy atom. The van der Waals surface area contributed by atoms with Crippen molar-refractivity contribution in [2.24, 2.45) is 5.92 Å². The van der Waals surface area contributed by atoms with Gasteiger partial charge in [-0.25, -0.2) is 8.78 Å². The number of carbonyl (C=O) groups is 1. The lowest BCUT2D eigenvalue weighted by Gasteiger charge is -2.09. The van der Waals surface area contributed by atoms with Crippen LogP contribution in [0.4, 0.5) is 8.78 Å². The predicted molar refractivity (Wildman–Crippen MR) is 62.0 cm³/mol. The molecule has 1 aromatic carbocycles. The molecule has 0 amide bonds. The van der Waals surface area contributed by atoms with E-state index in [4.69, 9.17) is 0 Å². The van der Waals surface area contributed by atoms with Crippen molar-refractivity contribution in [2.45, 2.75) is 39.0 Å². The zero-order chi connectivity index (χ0) is 12.4. The monoisotopic (exact) mass is 238 g/mol. The molecular weight excluding hydrogens is 222 g/mol. The van der Waals surface area contributed by atoms with Gasteiger partial charge in [-0.1, -0.05) is 25.7 Å². The van der Waals surface area contributed by atoms with Crippen LogP contribution in [-0.2, 0) is 0 Å². The molecule has 1 aliphatic carbocycles. The van der Waals surface area contributed by atoms with Gasteiger partial charge >= 0.3 is 0 Å². The molecule has 0 aromatic heterocycles. The van der Waals surface area contributed by atoms with Crippen LogP contribution in [0.2, 0.25) is 0 Å². The van der Waals surface area contributed by atoms with E-state index in [-0.39, 0.29) is 11.3 Å². The molecule has 0 unspecified atom stereocenters. The van der Waals surface area contributed by atoms with E-state index in [2.05, 4.69) is 0 Å². The van der Waals surface area contributed by atoms with E-state index in [0.29, 0.717) is 17.9 Å². The van der Waals surface area contributed by atoms with Crippen molar-refractivity contribution in [1.29, 1.82) is 0 Å². The minimum Gasteiger partial charge on any atom is -0.294 e. The summed E-state index contributed by atoms with van der Waals surface area (Å²) in [5.74, 6) is -1.15. The van der Waals surface area contributed by atoms with Crippen molar-refractivity contribution < 1.29 is 13.6 Å². The predicted octanol–water partition coefficient (Wildman–Crippen LogP) is 4.04. The first-order valence-corrected chi connectivity index (χ1v) is 6.07. The van der Waals surface area contributed by atoms with Gasteiger partial charge in [0.15, 0.2) is 5.78 Å². The molecule has 1 saturated carbocycles. The van der Waals surface area contributed by atoms with E-state index in [1.54, 1.807) is 6.92 Å². The molecule has 0 radical (unpaired) electrons. The Bertz CT molecular complexity index is 434. The molecule has 92 valence electrons. The average Bonchev–Trinajstić information content (AvgIpc) is 2.76. The molecule has 1 fully saturated rings. The van der Waals surface area contributed by atoms with Gasteiger partial charge in [0.05, 0.1) is 5.56 Å². The lowest BCUT2D eigenvalue weighted by molar-refractivity contribution is 0.0958. The quantitative estimate of drug-likeness (QED) is 0.726. The second kappa shape index (κ2) is 4.94. The molecule has 3 heteroatoms. The normalized spacial score (nSPS) is 16.4. The first-order valence-electron chi connectivity index (χ1n) is 6.07.